The molecule has 2 aliphatic carbocycles. The topological polar surface area (TPSA) is 99.1 Å². The molecule has 188 valence electrons. The maximum atomic E-state index is 13.5. The highest BCUT2D eigenvalue weighted by Crippen LogP contribution is 2.61. The molecule has 0 spiro atoms. The van der Waals surface area contributed by atoms with E-state index < -0.39 is 29.5 Å². The first kappa shape index (κ1) is 24.9. The number of hydrogen-bond donors (Lipinski definition) is 3. The summed E-state index contributed by atoms with van der Waals surface area (Å²) < 4.78 is 19.3. The number of nitrogens with one attached hydrogen (secondary N) is 1. The van der Waals surface area contributed by atoms with Crippen molar-refractivity contribution < 1.29 is 28.9 Å². The summed E-state index contributed by atoms with van der Waals surface area (Å²) in [5.74, 6) is -0.582. The fourth-order valence-electron chi connectivity index (χ4n) is 6.91. The molecule has 1 aromatic carbocycles. The molecule has 1 saturated heterocycles. The first-order valence-electron chi connectivity index (χ1n) is 12.5. The summed E-state index contributed by atoms with van der Waals surface area (Å²) in [4.78, 5) is 27.5. The lowest BCUT2D eigenvalue weighted by atomic mass is 9.46. The fourth-order valence-corrected chi connectivity index (χ4v) is 6.91. The second-order valence-corrected chi connectivity index (χ2v) is 10.8. The molecule has 4 rings (SSSR count). The number of nitrogens with zero attached hydrogens (tertiary/aromatic N) is 1. The lowest BCUT2D eigenvalue weighted by Gasteiger charge is -2.60. The highest BCUT2D eigenvalue weighted by atomic mass is 19.1. The molecule has 6 atom stereocenters. The Morgan fingerprint density at radius 1 is 1.21 bits per heavy atom. The minimum atomic E-state index is -0.721. The summed E-state index contributed by atoms with van der Waals surface area (Å²) in [6.07, 6.45) is 3.01. The Bertz CT molecular complexity index is 907. The first-order chi connectivity index (χ1) is 16.2. The number of aliphatic hydroxyl groups is 2. The SMILES string of the molecule is C[C@]1(CO)[C@H]2CC[C@@H](O)[C@@H](CC(=O)N3CCCC3)[C@]2(C)CC[C@H]1OC(=O)Nc1cccc(F)c1. The van der Waals surface area contributed by atoms with E-state index in [4.69, 9.17) is 4.74 Å². The standard InChI is InChI=1S/C26H37FN2O5/c1-25-11-10-22(34-24(33)28-18-7-5-6-17(27)14-18)26(2,16-30)21(25)9-8-20(31)19(25)15-23(32)29-12-3-4-13-29/h5-7,14,19-22,30-31H,3-4,8-13,15-16H2,1-2H3,(H,28,33)/t19-,20-,21+,22-,25+,26+/m1/s1. The molecule has 3 aliphatic rings. The van der Waals surface area contributed by atoms with E-state index >= 15 is 0 Å². The third-order valence-electron chi connectivity index (χ3n) is 8.85. The molecule has 34 heavy (non-hydrogen) atoms. The van der Waals surface area contributed by atoms with Gasteiger partial charge in [0, 0.05) is 30.6 Å². The van der Waals surface area contributed by atoms with Gasteiger partial charge >= 0.3 is 6.09 Å². The zero-order valence-electron chi connectivity index (χ0n) is 20.1. The molecule has 2 amide bonds. The van der Waals surface area contributed by atoms with Crippen LogP contribution in [0.25, 0.3) is 0 Å². The summed E-state index contributed by atoms with van der Waals surface area (Å²) in [6.45, 7) is 5.46. The molecule has 2 saturated carbocycles. The third kappa shape index (κ3) is 4.67. The van der Waals surface area contributed by atoms with E-state index in [1.54, 1.807) is 6.07 Å². The van der Waals surface area contributed by atoms with Crippen LogP contribution in [0.2, 0.25) is 0 Å². The number of carbonyl (C=O) groups excluding carboxylic acids is 2. The summed E-state index contributed by atoms with van der Waals surface area (Å²) in [5, 5.41) is 24.0. The molecule has 8 heteroatoms. The average molecular weight is 477 g/mol. The van der Waals surface area contributed by atoms with Crippen LogP contribution in [0, 0.1) is 28.5 Å². The Morgan fingerprint density at radius 2 is 1.94 bits per heavy atom. The minimum absolute atomic E-state index is 0.0227. The predicted molar refractivity (Wildman–Crippen MR) is 125 cm³/mol. The molecule has 0 unspecified atom stereocenters. The van der Waals surface area contributed by atoms with Crippen LogP contribution >= 0.6 is 0 Å². The van der Waals surface area contributed by atoms with Crippen molar-refractivity contribution in [2.45, 2.75) is 71.0 Å². The monoisotopic (exact) mass is 476 g/mol. The summed E-state index contributed by atoms with van der Waals surface area (Å²) in [6, 6.07) is 5.60. The van der Waals surface area contributed by atoms with Crippen LogP contribution < -0.4 is 5.32 Å². The van der Waals surface area contributed by atoms with Crippen molar-refractivity contribution in [2.75, 3.05) is 25.0 Å². The normalized spacial score (nSPS) is 35.5. The van der Waals surface area contributed by atoms with Crippen molar-refractivity contribution in [1.29, 1.82) is 0 Å². The van der Waals surface area contributed by atoms with E-state index in [9.17, 15) is 24.2 Å². The van der Waals surface area contributed by atoms with Crippen LogP contribution in [0.5, 0.6) is 0 Å². The molecular formula is C26H37FN2O5. The highest BCUT2D eigenvalue weighted by Gasteiger charge is 2.60. The molecule has 3 fully saturated rings. The van der Waals surface area contributed by atoms with Gasteiger partial charge < -0.3 is 19.8 Å². The highest BCUT2D eigenvalue weighted by molar-refractivity contribution is 5.84. The second-order valence-electron chi connectivity index (χ2n) is 10.8. The minimum Gasteiger partial charge on any atom is -0.445 e. The van der Waals surface area contributed by atoms with Crippen molar-refractivity contribution in [1.82, 2.24) is 4.90 Å². The molecule has 3 N–H and O–H groups in total. The van der Waals surface area contributed by atoms with Crippen molar-refractivity contribution >= 4 is 17.7 Å². The van der Waals surface area contributed by atoms with Gasteiger partial charge in [-0.15, -0.1) is 0 Å². The third-order valence-corrected chi connectivity index (χ3v) is 8.85. The summed E-state index contributed by atoms with van der Waals surface area (Å²) >= 11 is 0. The van der Waals surface area contributed by atoms with Gasteiger partial charge in [0.1, 0.15) is 11.9 Å². The number of aliphatic hydroxyl groups excluding tert-OH is 2. The van der Waals surface area contributed by atoms with Crippen LogP contribution in [0.3, 0.4) is 0 Å². The number of rotatable bonds is 5. The number of fused-ring (bicyclic) bond motifs is 1. The van der Waals surface area contributed by atoms with E-state index in [0.717, 1.165) is 25.9 Å². The van der Waals surface area contributed by atoms with Gasteiger partial charge in [-0.2, -0.15) is 0 Å². The number of ether oxygens (including phenoxy) is 1. The van der Waals surface area contributed by atoms with Gasteiger partial charge in [-0.25, -0.2) is 9.18 Å². The van der Waals surface area contributed by atoms with Gasteiger partial charge in [0.2, 0.25) is 5.91 Å². The van der Waals surface area contributed by atoms with E-state index in [1.807, 2.05) is 11.8 Å². The van der Waals surface area contributed by atoms with Gasteiger partial charge in [0.05, 0.1) is 12.7 Å². The number of benzene rings is 1. The van der Waals surface area contributed by atoms with Gasteiger partial charge in [-0.05, 0) is 74.0 Å². The van der Waals surface area contributed by atoms with Crippen LogP contribution in [0.15, 0.2) is 24.3 Å². The van der Waals surface area contributed by atoms with Gasteiger partial charge in [-0.3, -0.25) is 10.1 Å². The number of likely N-dealkylation sites (tertiary alicyclic amines) is 1. The van der Waals surface area contributed by atoms with Crippen molar-refractivity contribution in [3.8, 4) is 0 Å². The van der Waals surface area contributed by atoms with Crippen LogP contribution in [0.1, 0.15) is 58.8 Å². The van der Waals surface area contributed by atoms with Crippen LogP contribution in [-0.4, -0.2) is 59.0 Å². The molecule has 0 bridgehead atoms. The Kier molecular flexibility index (Phi) is 7.20. The quantitative estimate of drug-likeness (QED) is 0.598. The molecular weight excluding hydrogens is 439 g/mol. The van der Waals surface area contributed by atoms with Crippen molar-refractivity contribution in [3.05, 3.63) is 30.1 Å². The van der Waals surface area contributed by atoms with Crippen LogP contribution in [-0.2, 0) is 9.53 Å². The summed E-state index contributed by atoms with van der Waals surface area (Å²) in [5.41, 5.74) is -0.775. The van der Waals surface area contributed by atoms with Crippen molar-refractivity contribution in [2.24, 2.45) is 22.7 Å². The van der Waals surface area contributed by atoms with Gasteiger partial charge in [-0.1, -0.05) is 19.9 Å². The number of amides is 2. The zero-order chi connectivity index (χ0) is 24.5. The predicted octanol–water partition coefficient (Wildman–Crippen LogP) is 3.94. The molecule has 1 heterocycles. The summed E-state index contributed by atoms with van der Waals surface area (Å²) in [7, 11) is 0. The number of anilines is 1. The smallest absolute Gasteiger partial charge is 0.411 e. The number of hydrogen-bond acceptors (Lipinski definition) is 5. The van der Waals surface area contributed by atoms with Gasteiger partial charge in [0.25, 0.3) is 0 Å². The molecule has 0 radical (unpaired) electrons. The Labute approximate surface area is 200 Å². The largest absolute Gasteiger partial charge is 0.445 e. The van der Waals surface area contributed by atoms with E-state index in [2.05, 4.69) is 12.2 Å². The lowest BCUT2D eigenvalue weighted by Crippen LogP contribution is -2.61. The fraction of sp³-hybridized carbons (Fsp3) is 0.692. The number of halogens is 1. The maximum Gasteiger partial charge on any atom is 0.411 e. The Hall–Kier alpha value is -2.19. The molecule has 0 aromatic heterocycles. The molecule has 7 nitrogen and oxygen atoms in total. The number of carbonyl (C=O) groups is 2. The van der Waals surface area contributed by atoms with E-state index in [1.165, 1.54) is 18.2 Å². The lowest BCUT2D eigenvalue weighted by molar-refractivity contribution is -0.186. The maximum absolute atomic E-state index is 13.5. The van der Waals surface area contributed by atoms with Gasteiger partial charge in [0.15, 0.2) is 0 Å². The molecule has 1 aromatic rings. The van der Waals surface area contributed by atoms with Crippen molar-refractivity contribution in [3.63, 3.8) is 0 Å². The Balaban J connectivity index is 1.50. The van der Waals surface area contributed by atoms with Crippen LogP contribution in [0.4, 0.5) is 14.9 Å². The van der Waals surface area contributed by atoms with E-state index in [0.29, 0.717) is 37.8 Å². The Morgan fingerprint density at radius 3 is 2.62 bits per heavy atom. The van der Waals surface area contributed by atoms with E-state index in [-0.39, 0.29) is 29.8 Å². The molecule has 1 aliphatic heterocycles. The first-order valence-corrected chi connectivity index (χ1v) is 12.5. The zero-order valence-corrected chi connectivity index (χ0v) is 20.1. The average Bonchev–Trinajstić information content (AvgIpc) is 3.33. The second kappa shape index (κ2) is 9.82.